The van der Waals surface area contributed by atoms with E-state index in [4.69, 9.17) is 0 Å². The van der Waals surface area contributed by atoms with E-state index in [0.717, 1.165) is 19.5 Å². The van der Waals surface area contributed by atoms with Crippen LogP contribution >= 0.6 is 0 Å². The molecule has 0 aliphatic carbocycles. The number of rotatable bonds is 6. The Morgan fingerprint density at radius 2 is 2.47 bits per heavy atom. The highest BCUT2D eigenvalue weighted by atomic mass is 16.5. The maximum atomic E-state index is 11.0. The van der Waals surface area contributed by atoms with Crippen molar-refractivity contribution < 1.29 is 9.53 Å². The van der Waals surface area contributed by atoms with Crippen LogP contribution in [0.5, 0.6) is 0 Å². The largest absolute Gasteiger partial charge is 0.468 e. The molecule has 6 heteroatoms. The van der Waals surface area contributed by atoms with E-state index in [2.05, 4.69) is 20.4 Å². The molecule has 0 saturated carbocycles. The van der Waals surface area contributed by atoms with Gasteiger partial charge in [-0.3, -0.25) is 9.48 Å². The van der Waals surface area contributed by atoms with Gasteiger partial charge in [-0.15, -0.1) is 5.10 Å². The molecule has 84 valence electrons. The standard InChI is InChI=1S/C9H16N4O2/c1-8(9(14)15-2)10-4-3-6-13-7-5-11-12-13/h5,7-8,10H,3-4,6H2,1-2H3. The summed E-state index contributed by atoms with van der Waals surface area (Å²) in [7, 11) is 1.38. The zero-order chi connectivity index (χ0) is 11.1. The van der Waals surface area contributed by atoms with Gasteiger partial charge in [0.15, 0.2) is 0 Å². The predicted octanol–water partition coefficient (Wildman–Crippen LogP) is -0.181. The highest BCUT2D eigenvalue weighted by molar-refractivity contribution is 5.74. The molecule has 0 radical (unpaired) electrons. The number of aryl methyl sites for hydroxylation is 1. The topological polar surface area (TPSA) is 69.0 Å². The number of hydrogen-bond donors (Lipinski definition) is 1. The van der Waals surface area contributed by atoms with Crippen LogP contribution in [0.25, 0.3) is 0 Å². The van der Waals surface area contributed by atoms with Gasteiger partial charge in [0.05, 0.1) is 13.3 Å². The first-order valence-electron chi connectivity index (χ1n) is 4.89. The number of esters is 1. The molecule has 1 aromatic rings. The Morgan fingerprint density at radius 1 is 1.67 bits per heavy atom. The summed E-state index contributed by atoms with van der Waals surface area (Å²) in [6.45, 7) is 3.32. The Morgan fingerprint density at radius 3 is 3.07 bits per heavy atom. The molecule has 1 unspecified atom stereocenters. The van der Waals surface area contributed by atoms with Crippen molar-refractivity contribution in [2.24, 2.45) is 0 Å². The number of carbonyl (C=O) groups is 1. The molecule has 0 aliphatic heterocycles. The molecule has 1 atom stereocenters. The molecule has 0 aliphatic rings. The number of nitrogens with one attached hydrogen (secondary N) is 1. The average Bonchev–Trinajstić information content (AvgIpc) is 2.75. The number of nitrogens with zero attached hydrogens (tertiary/aromatic N) is 3. The Bertz CT molecular complexity index is 286. The van der Waals surface area contributed by atoms with Gasteiger partial charge in [0.1, 0.15) is 6.04 Å². The fourth-order valence-electron chi connectivity index (χ4n) is 1.17. The minimum Gasteiger partial charge on any atom is -0.468 e. The molecule has 0 bridgehead atoms. The molecule has 0 fully saturated rings. The summed E-state index contributed by atoms with van der Waals surface area (Å²) < 4.78 is 6.34. The molecule has 1 heterocycles. The SMILES string of the molecule is COC(=O)C(C)NCCCn1ccnn1. The van der Waals surface area contributed by atoms with E-state index < -0.39 is 0 Å². The number of ether oxygens (including phenoxy) is 1. The molecule has 1 N–H and O–H groups in total. The van der Waals surface area contributed by atoms with Crippen LogP contribution in [-0.2, 0) is 16.1 Å². The molecule has 0 spiro atoms. The third kappa shape index (κ3) is 4.07. The van der Waals surface area contributed by atoms with Crippen LogP contribution in [0.2, 0.25) is 0 Å². The van der Waals surface area contributed by atoms with E-state index in [0.29, 0.717) is 0 Å². The van der Waals surface area contributed by atoms with Gasteiger partial charge >= 0.3 is 5.97 Å². The van der Waals surface area contributed by atoms with Crippen molar-refractivity contribution in [2.75, 3.05) is 13.7 Å². The summed E-state index contributed by atoms with van der Waals surface area (Å²) in [5, 5.41) is 10.6. The van der Waals surface area contributed by atoms with Crippen molar-refractivity contribution in [3.8, 4) is 0 Å². The van der Waals surface area contributed by atoms with Crippen molar-refractivity contribution in [1.29, 1.82) is 0 Å². The van der Waals surface area contributed by atoms with Crippen molar-refractivity contribution in [1.82, 2.24) is 20.3 Å². The zero-order valence-corrected chi connectivity index (χ0v) is 9.01. The molecule has 0 aromatic carbocycles. The molecular weight excluding hydrogens is 196 g/mol. The lowest BCUT2D eigenvalue weighted by Crippen LogP contribution is -2.35. The number of aromatic nitrogens is 3. The lowest BCUT2D eigenvalue weighted by Gasteiger charge is -2.10. The minimum atomic E-state index is -0.259. The maximum absolute atomic E-state index is 11.0. The van der Waals surface area contributed by atoms with Crippen LogP contribution in [0.15, 0.2) is 12.4 Å². The Kier molecular flexibility index (Phi) is 4.76. The van der Waals surface area contributed by atoms with Crippen molar-refractivity contribution >= 4 is 5.97 Å². The van der Waals surface area contributed by atoms with E-state index in [-0.39, 0.29) is 12.0 Å². The first-order valence-corrected chi connectivity index (χ1v) is 4.89. The molecule has 1 aromatic heterocycles. The lowest BCUT2D eigenvalue weighted by atomic mass is 10.3. The predicted molar refractivity (Wildman–Crippen MR) is 54.1 cm³/mol. The van der Waals surface area contributed by atoms with E-state index >= 15 is 0 Å². The number of carbonyl (C=O) groups excluding carboxylic acids is 1. The summed E-state index contributed by atoms with van der Waals surface area (Å²) in [4.78, 5) is 11.0. The summed E-state index contributed by atoms with van der Waals surface area (Å²) in [6.07, 6.45) is 4.35. The van der Waals surface area contributed by atoms with Gasteiger partial charge < -0.3 is 10.1 Å². The van der Waals surface area contributed by atoms with Gasteiger partial charge in [-0.05, 0) is 19.9 Å². The van der Waals surface area contributed by atoms with Gasteiger partial charge in [0, 0.05) is 12.7 Å². The van der Waals surface area contributed by atoms with Gasteiger partial charge in [0.25, 0.3) is 0 Å². The van der Waals surface area contributed by atoms with Crippen LogP contribution < -0.4 is 5.32 Å². The summed E-state index contributed by atoms with van der Waals surface area (Å²) in [5.41, 5.74) is 0. The third-order valence-electron chi connectivity index (χ3n) is 2.04. The number of methoxy groups -OCH3 is 1. The first-order chi connectivity index (χ1) is 7.24. The van der Waals surface area contributed by atoms with E-state index in [1.165, 1.54) is 7.11 Å². The first kappa shape index (κ1) is 11.6. The van der Waals surface area contributed by atoms with Crippen molar-refractivity contribution in [3.63, 3.8) is 0 Å². The second kappa shape index (κ2) is 6.13. The second-order valence-electron chi connectivity index (χ2n) is 3.22. The molecule has 15 heavy (non-hydrogen) atoms. The quantitative estimate of drug-likeness (QED) is 0.523. The highest BCUT2D eigenvalue weighted by Gasteiger charge is 2.10. The van der Waals surface area contributed by atoms with Crippen LogP contribution in [0.3, 0.4) is 0 Å². The molecule has 6 nitrogen and oxygen atoms in total. The van der Waals surface area contributed by atoms with Crippen molar-refractivity contribution in [3.05, 3.63) is 12.4 Å². The molecule has 0 saturated heterocycles. The Labute approximate surface area is 88.6 Å². The Hall–Kier alpha value is -1.43. The van der Waals surface area contributed by atoms with Gasteiger partial charge in [-0.25, -0.2) is 0 Å². The summed E-state index contributed by atoms with van der Waals surface area (Å²) in [5.74, 6) is -0.240. The van der Waals surface area contributed by atoms with Crippen LogP contribution in [0, 0.1) is 0 Å². The molecule has 0 amide bonds. The van der Waals surface area contributed by atoms with E-state index in [1.54, 1.807) is 17.8 Å². The van der Waals surface area contributed by atoms with Gasteiger partial charge in [-0.2, -0.15) is 0 Å². The normalized spacial score (nSPS) is 12.4. The monoisotopic (exact) mass is 212 g/mol. The van der Waals surface area contributed by atoms with Crippen LogP contribution in [0.1, 0.15) is 13.3 Å². The lowest BCUT2D eigenvalue weighted by molar-refractivity contribution is -0.142. The average molecular weight is 212 g/mol. The minimum absolute atomic E-state index is 0.240. The third-order valence-corrected chi connectivity index (χ3v) is 2.04. The zero-order valence-electron chi connectivity index (χ0n) is 9.01. The van der Waals surface area contributed by atoms with E-state index in [1.807, 2.05) is 6.20 Å². The molecular formula is C9H16N4O2. The van der Waals surface area contributed by atoms with Crippen molar-refractivity contribution in [2.45, 2.75) is 25.9 Å². The van der Waals surface area contributed by atoms with Gasteiger partial charge in [-0.1, -0.05) is 5.21 Å². The highest BCUT2D eigenvalue weighted by Crippen LogP contribution is 1.89. The molecule has 1 rings (SSSR count). The fourth-order valence-corrected chi connectivity index (χ4v) is 1.17. The Balaban J connectivity index is 2.09. The van der Waals surface area contributed by atoms with Crippen LogP contribution in [0.4, 0.5) is 0 Å². The fraction of sp³-hybridized carbons (Fsp3) is 0.667. The van der Waals surface area contributed by atoms with E-state index in [9.17, 15) is 4.79 Å². The smallest absolute Gasteiger partial charge is 0.322 e. The van der Waals surface area contributed by atoms with Gasteiger partial charge in [0.2, 0.25) is 0 Å². The second-order valence-corrected chi connectivity index (χ2v) is 3.22. The summed E-state index contributed by atoms with van der Waals surface area (Å²) >= 11 is 0. The maximum Gasteiger partial charge on any atom is 0.322 e. The summed E-state index contributed by atoms with van der Waals surface area (Å²) in [6, 6.07) is -0.259. The van der Waals surface area contributed by atoms with Crippen LogP contribution in [-0.4, -0.2) is 40.7 Å². The number of hydrogen-bond acceptors (Lipinski definition) is 5.